The minimum absolute atomic E-state index is 0.213. The Bertz CT molecular complexity index is 229. The van der Waals surface area contributed by atoms with E-state index in [9.17, 15) is 4.79 Å². The van der Waals surface area contributed by atoms with Crippen LogP contribution in [0.4, 0.5) is 0 Å². The molecule has 2 rings (SSSR count). The van der Waals surface area contributed by atoms with Crippen molar-refractivity contribution in [1.29, 1.82) is 0 Å². The van der Waals surface area contributed by atoms with Gasteiger partial charge in [0.1, 0.15) is 6.04 Å². The first kappa shape index (κ1) is 9.97. The quantitative estimate of drug-likeness (QED) is 0.746. The predicted octanol–water partition coefficient (Wildman–Crippen LogP) is 1.72. The van der Waals surface area contributed by atoms with Gasteiger partial charge in [-0.05, 0) is 31.6 Å². The third kappa shape index (κ3) is 1.65. The predicted molar refractivity (Wildman–Crippen MR) is 54.2 cm³/mol. The molecular weight excluding hydrogens is 178 g/mol. The lowest BCUT2D eigenvalue weighted by atomic mass is 10.1. The summed E-state index contributed by atoms with van der Waals surface area (Å²) < 4.78 is 0. The van der Waals surface area contributed by atoms with Crippen LogP contribution in [0.25, 0.3) is 0 Å². The summed E-state index contributed by atoms with van der Waals surface area (Å²) in [5.74, 6) is 0.165. The Morgan fingerprint density at radius 3 is 2.79 bits per heavy atom. The van der Waals surface area contributed by atoms with Gasteiger partial charge in [0, 0.05) is 12.6 Å². The van der Waals surface area contributed by atoms with Gasteiger partial charge >= 0.3 is 5.97 Å². The Labute approximate surface area is 85.1 Å². The molecule has 2 aliphatic rings. The third-order valence-corrected chi connectivity index (χ3v) is 3.70. The second kappa shape index (κ2) is 3.89. The van der Waals surface area contributed by atoms with E-state index in [-0.39, 0.29) is 6.04 Å². The summed E-state index contributed by atoms with van der Waals surface area (Å²) in [6, 6.07) is 0.364. The zero-order valence-corrected chi connectivity index (χ0v) is 8.78. The molecular formula is C11H19NO2. The average molecular weight is 197 g/mol. The van der Waals surface area contributed by atoms with E-state index in [0.29, 0.717) is 6.04 Å². The van der Waals surface area contributed by atoms with Gasteiger partial charge in [0.05, 0.1) is 0 Å². The number of fused-ring (bicyclic) bond motifs is 2. The molecule has 0 spiro atoms. The van der Waals surface area contributed by atoms with Gasteiger partial charge in [-0.1, -0.05) is 13.3 Å². The van der Waals surface area contributed by atoms with Crippen LogP contribution in [0.5, 0.6) is 0 Å². The van der Waals surface area contributed by atoms with Crippen molar-refractivity contribution >= 4 is 5.97 Å². The molecule has 0 radical (unpaired) electrons. The highest BCUT2D eigenvalue weighted by atomic mass is 16.4. The SMILES string of the molecule is CCCC(C(=O)O)N1CC2CCC1C2. The van der Waals surface area contributed by atoms with Crippen LogP contribution in [0.2, 0.25) is 0 Å². The number of aliphatic carboxylic acids is 1. The number of hydrogen-bond acceptors (Lipinski definition) is 2. The minimum Gasteiger partial charge on any atom is -0.480 e. The lowest BCUT2D eigenvalue weighted by Crippen LogP contribution is -2.45. The number of nitrogens with zero attached hydrogens (tertiary/aromatic N) is 1. The van der Waals surface area contributed by atoms with Gasteiger partial charge < -0.3 is 5.11 Å². The molecule has 1 aliphatic heterocycles. The zero-order chi connectivity index (χ0) is 10.1. The van der Waals surface area contributed by atoms with Gasteiger partial charge in [0.25, 0.3) is 0 Å². The molecule has 0 aromatic carbocycles. The van der Waals surface area contributed by atoms with Crippen molar-refractivity contribution in [2.24, 2.45) is 5.92 Å². The van der Waals surface area contributed by atoms with Crippen LogP contribution >= 0.6 is 0 Å². The Morgan fingerprint density at radius 2 is 2.36 bits per heavy atom. The topological polar surface area (TPSA) is 40.5 Å². The molecule has 1 saturated heterocycles. The van der Waals surface area contributed by atoms with Gasteiger partial charge in [-0.25, -0.2) is 0 Å². The Hall–Kier alpha value is -0.570. The minimum atomic E-state index is -0.626. The summed E-state index contributed by atoms with van der Waals surface area (Å²) >= 11 is 0. The van der Waals surface area contributed by atoms with Crippen molar-refractivity contribution in [3.8, 4) is 0 Å². The molecule has 2 bridgehead atoms. The molecule has 3 nitrogen and oxygen atoms in total. The van der Waals surface area contributed by atoms with Gasteiger partial charge in [-0.2, -0.15) is 0 Å². The maximum atomic E-state index is 11.1. The van der Waals surface area contributed by atoms with Crippen LogP contribution in [0.3, 0.4) is 0 Å². The van der Waals surface area contributed by atoms with Crippen molar-refractivity contribution in [3.63, 3.8) is 0 Å². The molecule has 14 heavy (non-hydrogen) atoms. The lowest BCUT2D eigenvalue weighted by molar-refractivity contribution is -0.144. The van der Waals surface area contributed by atoms with Crippen LogP contribution in [0, 0.1) is 5.92 Å². The molecule has 3 unspecified atom stereocenters. The Morgan fingerprint density at radius 1 is 1.57 bits per heavy atom. The molecule has 1 aliphatic carbocycles. The molecule has 0 aromatic heterocycles. The molecule has 2 fully saturated rings. The van der Waals surface area contributed by atoms with E-state index < -0.39 is 5.97 Å². The van der Waals surface area contributed by atoms with Crippen molar-refractivity contribution in [1.82, 2.24) is 4.90 Å². The summed E-state index contributed by atoms with van der Waals surface area (Å²) in [5.41, 5.74) is 0. The van der Waals surface area contributed by atoms with Crippen LogP contribution < -0.4 is 0 Å². The standard InChI is InChI=1S/C11H19NO2/c1-2-3-10(11(13)14)12-7-8-4-5-9(12)6-8/h8-10H,2-7H2,1H3,(H,13,14). The Balaban J connectivity index is 2.01. The second-order valence-electron chi connectivity index (χ2n) is 4.67. The first-order valence-corrected chi connectivity index (χ1v) is 5.71. The van der Waals surface area contributed by atoms with E-state index in [4.69, 9.17) is 5.11 Å². The number of carboxylic acid groups (broad SMARTS) is 1. The highest BCUT2D eigenvalue weighted by Gasteiger charge is 2.42. The van der Waals surface area contributed by atoms with Crippen molar-refractivity contribution in [2.45, 2.75) is 51.1 Å². The summed E-state index contributed by atoms with van der Waals surface area (Å²) in [6.07, 6.45) is 5.55. The molecule has 3 atom stereocenters. The number of rotatable bonds is 4. The summed E-state index contributed by atoms with van der Waals surface area (Å²) in [5, 5.41) is 9.15. The Kier molecular flexibility index (Phi) is 2.77. The van der Waals surface area contributed by atoms with E-state index in [1.54, 1.807) is 0 Å². The molecule has 3 heteroatoms. The van der Waals surface area contributed by atoms with Crippen LogP contribution in [0.15, 0.2) is 0 Å². The first-order chi connectivity index (χ1) is 6.72. The third-order valence-electron chi connectivity index (χ3n) is 3.70. The van der Waals surface area contributed by atoms with E-state index in [0.717, 1.165) is 25.3 Å². The van der Waals surface area contributed by atoms with Crippen LogP contribution in [0.1, 0.15) is 39.0 Å². The van der Waals surface area contributed by atoms with Gasteiger partial charge in [-0.15, -0.1) is 0 Å². The fraction of sp³-hybridized carbons (Fsp3) is 0.909. The van der Waals surface area contributed by atoms with Crippen molar-refractivity contribution < 1.29 is 9.90 Å². The summed E-state index contributed by atoms with van der Waals surface area (Å²) in [7, 11) is 0. The number of piperidine rings is 1. The highest BCUT2D eigenvalue weighted by molar-refractivity contribution is 5.73. The van der Waals surface area contributed by atoms with Crippen LogP contribution in [-0.2, 0) is 4.79 Å². The molecule has 0 amide bonds. The molecule has 1 heterocycles. The smallest absolute Gasteiger partial charge is 0.320 e. The van der Waals surface area contributed by atoms with E-state index in [1.807, 2.05) is 0 Å². The molecule has 0 aromatic rings. The maximum absolute atomic E-state index is 11.1. The van der Waals surface area contributed by atoms with Crippen molar-refractivity contribution in [2.75, 3.05) is 6.54 Å². The summed E-state index contributed by atoms with van der Waals surface area (Å²) in [4.78, 5) is 13.3. The zero-order valence-electron chi connectivity index (χ0n) is 8.78. The van der Waals surface area contributed by atoms with Crippen LogP contribution in [-0.4, -0.2) is 34.6 Å². The normalized spacial score (nSPS) is 33.5. The monoisotopic (exact) mass is 197 g/mol. The van der Waals surface area contributed by atoms with Gasteiger partial charge in [0.2, 0.25) is 0 Å². The fourth-order valence-electron chi connectivity index (χ4n) is 3.05. The molecule has 80 valence electrons. The molecule has 1 N–H and O–H groups in total. The number of hydrogen-bond donors (Lipinski definition) is 1. The maximum Gasteiger partial charge on any atom is 0.320 e. The van der Waals surface area contributed by atoms with Gasteiger partial charge in [0.15, 0.2) is 0 Å². The lowest BCUT2D eigenvalue weighted by Gasteiger charge is -2.32. The first-order valence-electron chi connectivity index (χ1n) is 5.71. The van der Waals surface area contributed by atoms with Crippen molar-refractivity contribution in [3.05, 3.63) is 0 Å². The van der Waals surface area contributed by atoms with E-state index in [2.05, 4.69) is 11.8 Å². The number of carboxylic acids is 1. The van der Waals surface area contributed by atoms with E-state index >= 15 is 0 Å². The average Bonchev–Trinajstić information content (AvgIpc) is 2.74. The second-order valence-corrected chi connectivity index (χ2v) is 4.67. The van der Waals surface area contributed by atoms with E-state index in [1.165, 1.54) is 19.3 Å². The number of carbonyl (C=O) groups is 1. The largest absolute Gasteiger partial charge is 0.480 e. The van der Waals surface area contributed by atoms with Gasteiger partial charge in [-0.3, -0.25) is 9.69 Å². The highest BCUT2D eigenvalue weighted by Crippen LogP contribution is 2.39. The fourth-order valence-corrected chi connectivity index (χ4v) is 3.05. The number of likely N-dealkylation sites (tertiary alicyclic amines) is 1. The summed E-state index contributed by atoms with van der Waals surface area (Å²) in [6.45, 7) is 3.09. The molecule has 1 saturated carbocycles.